The summed E-state index contributed by atoms with van der Waals surface area (Å²) in [5, 5.41) is 0. The highest BCUT2D eigenvalue weighted by Gasteiger charge is 2.07. The first-order valence-electron chi connectivity index (χ1n) is 6.42. The van der Waals surface area contributed by atoms with Gasteiger partial charge in [0, 0.05) is 6.04 Å². The Morgan fingerprint density at radius 1 is 0.929 bits per heavy atom. The van der Waals surface area contributed by atoms with E-state index in [0.717, 1.165) is 6.04 Å². The topological polar surface area (TPSA) is 3.24 Å². The van der Waals surface area contributed by atoms with Crippen LogP contribution in [0.4, 0.5) is 0 Å². The SMILES string of the molecule is CCCCCCC(C)N(C)CCCC. The Balaban J connectivity index is 3.36. The molecule has 0 fully saturated rings. The summed E-state index contributed by atoms with van der Waals surface area (Å²) in [6.07, 6.45) is 9.61. The number of rotatable bonds is 9. The molecule has 0 radical (unpaired) electrons. The van der Waals surface area contributed by atoms with Gasteiger partial charge in [-0.15, -0.1) is 0 Å². The van der Waals surface area contributed by atoms with Crippen LogP contribution in [0.3, 0.4) is 0 Å². The van der Waals surface area contributed by atoms with Gasteiger partial charge in [0.05, 0.1) is 0 Å². The smallest absolute Gasteiger partial charge is 0.00638 e. The minimum atomic E-state index is 0.776. The molecule has 1 unspecified atom stereocenters. The molecule has 0 aromatic heterocycles. The summed E-state index contributed by atoms with van der Waals surface area (Å²) in [5.41, 5.74) is 0. The second-order valence-electron chi connectivity index (χ2n) is 4.53. The molecule has 86 valence electrons. The molecule has 0 heterocycles. The molecule has 0 N–H and O–H groups in total. The third-order valence-corrected chi connectivity index (χ3v) is 3.09. The summed E-state index contributed by atoms with van der Waals surface area (Å²) in [7, 11) is 2.26. The van der Waals surface area contributed by atoms with Gasteiger partial charge in [-0.25, -0.2) is 0 Å². The van der Waals surface area contributed by atoms with Crippen molar-refractivity contribution in [3.63, 3.8) is 0 Å². The van der Waals surface area contributed by atoms with Crippen molar-refractivity contribution in [2.24, 2.45) is 0 Å². The van der Waals surface area contributed by atoms with Crippen LogP contribution in [-0.4, -0.2) is 24.5 Å². The fraction of sp³-hybridized carbons (Fsp3) is 1.00. The monoisotopic (exact) mass is 199 g/mol. The molecule has 0 saturated carbocycles. The van der Waals surface area contributed by atoms with Gasteiger partial charge >= 0.3 is 0 Å². The molecule has 1 atom stereocenters. The van der Waals surface area contributed by atoms with Crippen LogP contribution in [0.15, 0.2) is 0 Å². The molecular weight excluding hydrogens is 170 g/mol. The number of hydrogen-bond donors (Lipinski definition) is 0. The number of unbranched alkanes of at least 4 members (excludes halogenated alkanes) is 4. The van der Waals surface area contributed by atoms with Crippen molar-refractivity contribution in [1.82, 2.24) is 4.90 Å². The highest BCUT2D eigenvalue weighted by Crippen LogP contribution is 2.09. The van der Waals surface area contributed by atoms with Gasteiger partial charge in [-0.05, 0) is 33.4 Å². The van der Waals surface area contributed by atoms with Gasteiger partial charge in [0.15, 0.2) is 0 Å². The molecule has 0 bridgehead atoms. The largest absolute Gasteiger partial charge is 0.304 e. The highest BCUT2D eigenvalue weighted by atomic mass is 15.1. The predicted molar refractivity (Wildman–Crippen MR) is 65.8 cm³/mol. The van der Waals surface area contributed by atoms with Gasteiger partial charge in [-0.1, -0.05) is 46.0 Å². The molecule has 0 aliphatic rings. The van der Waals surface area contributed by atoms with Gasteiger partial charge in [0.2, 0.25) is 0 Å². The summed E-state index contributed by atoms with van der Waals surface area (Å²) in [6, 6.07) is 0.776. The predicted octanol–water partition coefficient (Wildman–Crippen LogP) is 4.08. The molecule has 0 spiro atoms. The summed E-state index contributed by atoms with van der Waals surface area (Å²) in [6.45, 7) is 8.17. The maximum absolute atomic E-state index is 2.51. The van der Waals surface area contributed by atoms with Crippen LogP contribution in [0.2, 0.25) is 0 Å². The van der Waals surface area contributed by atoms with Crippen LogP contribution in [0, 0.1) is 0 Å². The van der Waals surface area contributed by atoms with Gasteiger partial charge in [-0.2, -0.15) is 0 Å². The van der Waals surface area contributed by atoms with Gasteiger partial charge in [0.1, 0.15) is 0 Å². The van der Waals surface area contributed by atoms with E-state index in [0.29, 0.717) is 0 Å². The Kier molecular flexibility index (Phi) is 9.49. The lowest BCUT2D eigenvalue weighted by Gasteiger charge is -2.24. The fourth-order valence-corrected chi connectivity index (χ4v) is 1.71. The van der Waals surface area contributed by atoms with Crippen molar-refractivity contribution < 1.29 is 0 Å². The molecule has 0 amide bonds. The van der Waals surface area contributed by atoms with E-state index in [9.17, 15) is 0 Å². The van der Waals surface area contributed by atoms with Crippen LogP contribution in [0.1, 0.15) is 65.7 Å². The first kappa shape index (κ1) is 14.0. The van der Waals surface area contributed by atoms with E-state index in [1.807, 2.05) is 0 Å². The minimum absolute atomic E-state index is 0.776. The third-order valence-electron chi connectivity index (χ3n) is 3.09. The molecule has 0 aliphatic carbocycles. The highest BCUT2D eigenvalue weighted by molar-refractivity contribution is 4.63. The first-order valence-corrected chi connectivity index (χ1v) is 6.42. The quantitative estimate of drug-likeness (QED) is 0.506. The van der Waals surface area contributed by atoms with Gasteiger partial charge in [-0.3, -0.25) is 0 Å². The average molecular weight is 199 g/mol. The number of hydrogen-bond acceptors (Lipinski definition) is 1. The summed E-state index contributed by atoms with van der Waals surface area (Å²) >= 11 is 0. The van der Waals surface area contributed by atoms with Crippen molar-refractivity contribution in [2.75, 3.05) is 13.6 Å². The van der Waals surface area contributed by atoms with Crippen LogP contribution in [0.25, 0.3) is 0 Å². The summed E-state index contributed by atoms with van der Waals surface area (Å²) < 4.78 is 0. The van der Waals surface area contributed by atoms with Crippen LogP contribution in [0.5, 0.6) is 0 Å². The Morgan fingerprint density at radius 3 is 2.14 bits per heavy atom. The zero-order valence-electron chi connectivity index (χ0n) is 10.7. The van der Waals surface area contributed by atoms with Crippen molar-refractivity contribution in [3.8, 4) is 0 Å². The Labute approximate surface area is 90.9 Å². The Hall–Kier alpha value is -0.0400. The average Bonchev–Trinajstić information content (AvgIpc) is 2.20. The Bertz CT molecular complexity index is 112. The van der Waals surface area contributed by atoms with Crippen LogP contribution in [-0.2, 0) is 0 Å². The zero-order valence-corrected chi connectivity index (χ0v) is 10.7. The van der Waals surface area contributed by atoms with E-state index in [-0.39, 0.29) is 0 Å². The van der Waals surface area contributed by atoms with E-state index < -0.39 is 0 Å². The number of nitrogens with zero attached hydrogens (tertiary/aromatic N) is 1. The fourth-order valence-electron chi connectivity index (χ4n) is 1.71. The zero-order chi connectivity index (χ0) is 10.8. The molecule has 0 aromatic rings. The molecule has 14 heavy (non-hydrogen) atoms. The summed E-state index contributed by atoms with van der Waals surface area (Å²) in [5.74, 6) is 0. The Morgan fingerprint density at radius 2 is 1.57 bits per heavy atom. The van der Waals surface area contributed by atoms with E-state index in [1.54, 1.807) is 0 Å². The lowest BCUT2D eigenvalue weighted by Crippen LogP contribution is -2.29. The second kappa shape index (κ2) is 9.51. The van der Waals surface area contributed by atoms with E-state index in [2.05, 4.69) is 32.7 Å². The van der Waals surface area contributed by atoms with Crippen molar-refractivity contribution in [1.29, 1.82) is 0 Å². The van der Waals surface area contributed by atoms with E-state index in [4.69, 9.17) is 0 Å². The van der Waals surface area contributed by atoms with Gasteiger partial charge < -0.3 is 4.90 Å². The van der Waals surface area contributed by atoms with Crippen molar-refractivity contribution in [3.05, 3.63) is 0 Å². The maximum Gasteiger partial charge on any atom is 0.00638 e. The van der Waals surface area contributed by atoms with Crippen molar-refractivity contribution in [2.45, 2.75) is 71.8 Å². The molecule has 0 saturated heterocycles. The lowest BCUT2D eigenvalue weighted by atomic mass is 10.1. The molecule has 1 nitrogen and oxygen atoms in total. The molecule has 0 aliphatic heterocycles. The van der Waals surface area contributed by atoms with Crippen molar-refractivity contribution >= 4 is 0 Å². The lowest BCUT2D eigenvalue weighted by molar-refractivity contribution is 0.238. The van der Waals surface area contributed by atoms with Crippen LogP contribution >= 0.6 is 0 Å². The second-order valence-corrected chi connectivity index (χ2v) is 4.53. The summed E-state index contributed by atoms with van der Waals surface area (Å²) in [4.78, 5) is 2.51. The molecule has 1 heteroatoms. The van der Waals surface area contributed by atoms with Crippen LogP contribution < -0.4 is 0 Å². The molecule has 0 aromatic carbocycles. The first-order chi connectivity index (χ1) is 6.72. The normalized spacial score (nSPS) is 13.5. The standard InChI is InChI=1S/C13H29N/c1-5-7-9-10-11-13(3)14(4)12-8-6-2/h13H,5-12H2,1-4H3. The van der Waals surface area contributed by atoms with E-state index >= 15 is 0 Å². The van der Waals surface area contributed by atoms with Gasteiger partial charge in [0.25, 0.3) is 0 Å². The minimum Gasteiger partial charge on any atom is -0.304 e. The third kappa shape index (κ3) is 7.37. The van der Waals surface area contributed by atoms with E-state index in [1.165, 1.54) is 51.5 Å². The molecule has 0 rings (SSSR count). The maximum atomic E-state index is 2.51. The molecular formula is C13H29N.